The zero-order valence-corrected chi connectivity index (χ0v) is 21.6. The number of aromatic nitrogens is 6. The Hall–Kier alpha value is -3.58. The maximum atomic E-state index is 13.4. The van der Waals surface area contributed by atoms with Crippen LogP contribution >= 0.6 is 0 Å². The van der Waals surface area contributed by atoms with E-state index >= 15 is 0 Å². The number of nitrogens with zero attached hydrogens (tertiary/aromatic N) is 6. The predicted molar refractivity (Wildman–Crippen MR) is 131 cm³/mol. The van der Waals surface area contributed by atoms with Gasteiger partial charge in [0.05, 0.1) is 35.7 Å². The number of hydrogen-bond acceptors (Lipinski definition) is 8. The quantitative estimate of drug-likeness (QED) is 0.408. The summed E-state index contributed by atoms with van der Waals surface area (Å²) in [5.41, 5.74) is 1.81. The summed E-state index contributed by atoms with van der Waals surface area (Å²) in [4.78, 5) is 34.8. The van der Waals surface area contributed by atoms with E-state index in [1.807, 2.05) is 0 Å². The summed E-state index contributed by atoms with van der Waals surface area (Å²) in [6.07, 6.45) is 4.85. The Bertz CT molecular complexity index is 1430. The number of fused-ring (bicyclic) bond motifs is 1. The van der Waals surface area contributed by atoms with Crippen molar-refractivity contribution in [1.29, 1.82) is 0 Å². The molecule has 0 bridgehead atoms. The number of carbonyl (C=O) groups excluding carboxylic acids is 2. The van der Waals surface area contributed by atoms with Gasteiger partial charge in [-0.25, -0.2) is 19.1 Å². The minimum Gasteiger partial charge on any atom is -0.355 e. The first-order valence-electron chi connectivity index (χ1n) is 13.9. The molecule has 40 heavy (non-hydrogen) atoms. The fourth-order valence-electron chi connectivity index (χ4n) is 6.11. The fourth-order valence-corrected chi connectivity index (χ4v) is 6.11. The second kappa shape index (κ2) is 9.51. The molecule has 212 valence electrons. The average molecular weight is 559 g/mol. The third kappa shape index (κ3) is 5.03. The van der Waals surface area contributed by atoms with Crippen LogP contribution in [0.1, 0.15) is 84.5 Å². The maximum absolute atomic E-state index is 13.4. The van der Waals surface area contributed by atoms with Gasteiger partial charge < -0.3 is 10.6 Å². The van der Waals surface area contributed by atoms with Crippen LogP contribution in [-0.4, -0.2) is 54.4 Å². The molecule has 3 saturated carbocycles. The molecule has 1 aliphatic heterocycles. The van der Waals surface area contributed by atoms with Gasteiger partial charge in [-0.2, -0.15) is 18.3 Å². The number of hydrogen-bond donors (Lipinski definition) is 2. The van der Waals surface area contributed by atoms with Crippen LogP contribution in [-0.2, 0) is 11.2 Å². The van der Waals surface area contributed by atoms with Crippen LogP contribution in [0.3, 0.4) is 0 Å². The first-order chi connectivity index (χ1) is 19.2. The zero-order chi connectivity index (χ0) is 27.6. The highest BCUT2D eigenvalue weighted by Gasteiger charge is 2.48. The lowest BCUT2D eigenvalue weighted by atomic mass is 9.86. The van der Waals surface area contributed by atoms with Crippen LogP contribution in [0.2, 0.25) is 0 Å². The molecule has 14 heteroatoms. The lowest BCUT2D eigenvalue weighted by molar-refractivity contribution is -0.183. The van der Waals surface area contributed by atoms with E-state index in [0.29, 0.717) is 34.7 Å². The Balaban J connectivity index is 1.15. The molecule has 3 aromatic heterocycles. The lowest BCUT2D eigenvalue weighted by Gasteiger charge is -2.30. The van der Waals surface area contributed by atoms with Gasteiger partial charge >= 0.3 is 6.18 Å². The van der Waals surface area contributed by atoms with Crippen molar-refractivity contribution >= 4 is 17.6 Å². The minimum atomic E-state index is -4.37. The number of rotatable bonds is 9. The maximum Gasteiger partial charge on any atom is 0.393 e. The molecule has 4 fully saturated rings. The highest BCUT2D eigenvalue weighted by molar-refractivity contribution is 5.93. The number of imidazole rings is 1. The van der Waals surface area contributed by atoms with Gasteiger partial charge in [0.1, 0.15) is 5.69 Å². The first-order valence-corrected chi connectivity index (χ1v) is 13.9. The van der Waals surface area contributed by atoms with Crippen molar-refractivity contribution in [1.82, 2.24) is 40.5 Å². The summed E-state index contributed by atoms with van der Waals surface area (Å²) in [6, 6.07) is -0.389. The van der Waals surface area contributed by atoms with Crippen LogP contribution in [0.25, 0.3) is 5.78 Å². The molecule has 0 radical (unpaired) electrons. The second-order valence-electron chi connectivity index (χ2n) is 11.8. The van der Waals surface area contributed by atoms with E-state index in [2.05, 4.69) is 31.0 Å². The minimum absolute atomic E-state index is 0.0326. The summed E-state index contributed by atoms with van der Waals surface area (Å²) < 4.78 is 46.2. The van der Waals surface area contributed by atoms with E-state index in [1.165, 1.54) is 10.7 Å². The number of amides is 2. The molecule has 7 rings (SSSR count). The molecular weight excluding hydrogens is 529 g/mol. The van der Waals surface area contributed by atoms with E-state index in [4.69, 9.17) is 9.61 Å². The molecule has 2 amide bonds. The summed E-state index contributed by atoms with van der Waals surface area (Å²) in [5.74, 6) is -1.50. The molecule has 3 aliphatic carbocycles. The summed E-state index contributed by atoms with van der Waals surface area (Å²) in [5, 5.41) is 17.9. The van der Waals surface area contributed by atoms with Gasteiger partial charge in [0.25, 0.3) is 11.7 Å². The average Bonchev–Trinajstić information content (AvgIpc) is 3.83. The van der Waals surface area contributed by atoms with Crippen molar-refractivity contribution in [3.05, 3.63) is 35.2 Å². The van der Waals surface area contributed by atoms with Crippen LogP contribution in [0.4, 0.5) is 13.2 Å². The molecule has 0 aromatic carbocycles. The molecule has 11 nitrogen and oxygen atoms in total. The Morgan fingerprint density at radius 3 is 2.58 bits per heavy atom. The van der Waals surface area contributed by atoms with E-state index in [-0.39, 0.29) is 42.3 Å². The predicted octanol–water partition coefficient (Wildman–Crippen LogP) is 3.15. The number of carbonyl (C=O) groups is 2. The van der Waals surface area contributed by atoms with E-state index in [9.17, 15) is 22.8 Å². The van der Waals surface area contributed by atoms with Crippen molar-refractivity contribution in [2.24, 2.45) is 29.6 Å². The molecule has 2 N–H and O–H groups in total. The van der Waals surface area contributed by atoms with Gasteiger partial charge in [0.15, 0.2) is 5.69 Å². The van der Waals surface area contributed by atoms with Gasteiger partial charge in [-0.05, 0) is 67.9 Å². The van der Waals surface area contributed by atoms with Crippen LogP contribution < -0.4 is 10.6 Å². The van der Waals surface area contributed by atoms with E-state index in [0.717, 1.165) is 38.5 Å². The van der Waals surface area contributed by atoms with Gasteiger partial charge in [-0.1, -0.05) is 5.16 Å². The second-order valence-corrected chi connectivity index (χ2v) is 11.8. The number of piperidine rings is 1. The van der Waals surface area contributed by atoms with Crippen LogP contribution in [0.15, 0.2) is 17.0 Å². The largest absolute Gasteiger partial charge is 0.393 e. The number of halogens is 3. The molecule has 3 aromatic rings. The van der Waals surface area contributed by atoms with Crippen molar-refractivity contribution in [3.8, 4) is 0 Å². The standard InChI is InChI=1S/C26H29F3N8O3/c27-26(28,29)16-7-15(23(38)30-9-16)8-17-10-31-25-32-18(11-37(25)34-17)21(19(12-1-2-12)13-3-4-13)33-24(39)22-20(14-5-6-14)35-40-36-22/h10-16,19,21H,1-9H2,(H,30,38)(H,33,39)/t15-,16-,21-/m1/s1. The third-order valence-corrected chi connectivity index (χ3v) is 8.65. The summed E-state index contributed by atoms with van der Waals surface area (Å²) >= 11 is 0. The van der Waals surface area contributed by atoms with Crippen LogP contribution in [0, 0.1) is 29.6 Å². The summed E-state index contributed by atoms with van der Waals surface area (Å²) in [7, 11) is 0. The zero-order valence-electron chi connectivity index (χ0n) is 21.6. The van der Waals surface area contributed by atoms with Crippen molar-refractivity contribution < 1.29 is 27.4 Å². The van der Waals surface area contributed by atoms with E-state index < -0.39 is 30.5 Å². The normalized spacial score (nSPS) is 24.4. The molecule has 4 aliphatic rings. The Morgan fingerprint density at radius 1 is 1.15 bits per heavy atom. The highest BCUT2D eigenvalue weighted by Crippen LogP contribution is 2.54. The molecule has 0 unspecified atom stereocenters. The Morgan fingerprint density at radius 2 is 1.90 bits per heavy atom. The SMILES string of the molecule is O=C(N[C@H](c1cn2nc(C[C@H]3C[C@@H](C(F)(F)F)CNC3=O)cnc2n1)C(C1CC1)C1CC1)c1nonc1C1CC1. The molecule has 4 heterocycles. The van der Waals surface area contributed by atoms with E-state index in [1.54, 1.807) is 6.20 Å². The van der Waals surface area contributed by atoms with Crippen LogP contribution in [0.5, 0.6) is 0 Å². The first kappa shape index (κ1) is 25.4. The van der Waals surface area contributed by atoms with Crippen molar-refractivity contribution in [2.45, 2.75) is 69.5 Å². The van der Waals surface area contributed by atoms with Gasteiger partial charge in [-0.15, -0.1) is 0 Å². The van der Waals surface area contributed by atoms with Gasteiger partial charge in [0, 0.05) is 24.8 Å². The van der Waals surface area contributed by atoms with Crippen molar-refractivity contribution in [3.63, 3.8) is 0 Å². The Kier molecular flexibility index (Phi) is 6.04. The Labute approximate surface area is 226 Å². The lowest BCUT2D eigenvalue weighted by Crippen LogP contribution is -2.47. The molecule has 0 spiro atoms. The van der Waals surface area contributed by atoms with Crippen molar-refractivity contribution in [2.75, 3.05) is 6.54 Å². The monoisotopic (exact) mass is 558 g/mol. The smallest absolute Gasteiger partial charge is 0.355 e. The number of nitrogens with one attached hydrogen (secondary N) is 2. The highest BCUT2D eigenvalue weighted by atomic mass is 19.4. The molecular formula is C26H29F3N8O3. The molecule has 1 saturated heterocycles. The van der Waals surface area contributed by atoms with Gasteiger partial charge in [-0.3, -0.25) is 9.59 Å². The summed E-state index contributed by atoms with van der Waals surface area (Å²) in [6.45, 7) is -0.406. The fraction of sp³-hybridized carbons (Fsp3) is 0.654. The molecule has 3 atom stereocenters. The topological polar surface area (TPSA) is 140 Å². The van der Waals surface area contributed by atoms with Gasteiger partial charge in [0.2, 0.25) is 5.91 Å². The third-order valence-electron chi connectivity index (χ3n) is 8.65. The number of alkyl halides is 3.